The highest BCUT2D eigenvalue weighted by molar-refractivity contribution is 7.92. The molecule has 0 heterocycles. The van der Waals surface area contributed by atoms with Gasteiger partial charge in [0.2, 0.25) is 0 Å². The molecule has 30 heavy (non-hydrogen) atoms. The second kappa shape index (κ2) is 9.14. The molecular formula is C21H19Cl2NO5S. The van der Waals surface area contributed by atoms with Gasteiger partial charge in [-0.1, -0.05) is 35.3 Å². The predicted octanol–water partition coefficient (Wildman–Crippen LogP) is 4.89. The largest absolute Gasteiger partial charge is 0.493 e. The summed E-state index contributed by atoms with van der Waals surface area (Å²) in [5.41, 5.74) is 1.03. The molecule has 1 unspecified atom stereocenters. The van der Waals surface area contributed by atoms with E-state index in [9.17, 15) is 13.5 Å². The number of benzene rings is 3. The number of ether oxygens (including phenoxy) is 2. The lowest BCUT2D eigenvalue weighted by atomic mass is 10.0. The molecule has 0 aliphatic carbocycles. The molecule has 2 N–H and O–H groups in total. The summed E-state index contributed by atoms with van der Waals surface area (Å²) in [7, 11) is -1.11. The first-order chi connectivity index (χ1) is 14.2. The lowest BCUT2D eigenvalue weighted by molar-refractivity contribution is 0.221. The Morgan fingerprint density at radius 2 is 1.50 bits per heavy atom. The van der Waals surface area contributed by atoms with Crippen LogP contribution in [-0.4, -0.2) is 27.7 Å². The maximum Gasteiger partial charge on any atom is 0.262 e. The Hall–Kier alpha value is -2.45. The summed E-state index contributed by atoms with van der Waals surface area (Å²) in [5.74, 6) is 0.680. The van der Waals surface area contributed by atoms with Gasteiger partial charge in [0.25, 0.3) is 10.0 Å². The van der Waals surface area contributed by atoms with Gasteiger partial charge >= 0.3 is 0 Å². The van der Waals surface area contributed by atoms with E-state index in [1.165, 1.54) is 50.6 Å². The molecule has 158 valence electrons. The molecule has 0 radical (unpaired) electrons. The quantitative estimate of drug-likeness (QED) is 0.516. The maximum atomic E-state index is 13.0. The van der Waals surface area contributed by atoms with Gasteiger partial charge in [0.1, 0.15) is 6.10 Å². The Kier molecular flexibility index (Phi) is 6.77. The van der Waals surface area contributed by atoms with Gasteiger partial charge in [0, 0.05) is 21.7 Å². The fourth-order valence-electron chi connectivity index (χ4n) is 2.86. The average Bonchev–Trinajstić information content (AvgIpc) is 2.74. The van der Waals surface area contributed by atoms with Crippen molar-refractivity contribution in [1.29, 1.82) is 0 Å². The molecule has 0 amide bonds. The molecule has 0 spiro atoms. The van der Waals surface area contributed by atoms with Gasteiger partial charge < -0.3 is 14.6 Å². The lowest BCUT2D eigenvalue weighted by Crippen LogP contribution is -2.15. The zero-order valence-corrected chi connectivity index (χ0v) is 18.4. The van der Waals surface area contributed by atoms with Crippen LogP contribution in [0, 0.1) is 0 Å². The first kappa shape index (κ1) is 22.2. The van der Waals surface area contributed by atoms with E-state index in [0.717, 1.165) is 0 Å². The third-order valence-electron chi connectivity index (χ3n) is 4.40. The minimum absolute atomic E-state index is 0.0259. The second-order valence-corrected chi connectivity index (χ2v) is 8.86. The smallest absolute Gasteiger partial charge is 0.262 e. The van der Waals surface area contributed by atoms with Crippen molar-refractivity contribution in [2.24, 2.45) is 0 Å². The highest BCUT2D eigenvalue weighted by Crippen LogP contribution is 2.34. The van der Waals surface area contributed by atoms with Crippen LogP contribution in [0.5, 0.6) is 11.5 Å². The van der Waals surface area contributed by atoms with Crippen LogP contribution in [0.3, 0.4) is 0 Å². The van der Waals surface area contributed by atoms with Gasteiger partial charge in [-0.15, -0.1) is 0 Å². The van der Waals surface area contributed by atoms with E-state index < -0.39 is 16.1 Å². The summed E-state index contributed by atoms with van der Waals surface area (Å²) < 4.78 is 38.8. The lowest BCUT2D eigenvalue weighted by Gasteiger charge is -2.18. The van der Waals surface area contributed by atoms with Crippen LogP contribution in [0.15, 0.2) is 65.6 Å². The van der Waals surface area contributed by atoms with Gasteiger partial charge in [-0.05, 0) is 48.0 Å². The van der Waals surface area contributed by atoms with Crippen molar-refractivity contribution in [3.8, 4) is 11.5 Å². The Morgan fingerprint density at radius 3 is 2.13 bits per heavy atom. The molecule has 3 aromatic rings. The summed E-state index contributed by atoms with van der Waals surface area (Å²) >= 11 is 12.0. The highest BCUT2D eigenvalue weighted by Gasteiger charge is 2.22. The normalized spacial score (nSPS) is 12.3. The van der Waals surface area contributed by atoms with Crippen molar-refractivity contribution in [1.82, 2.24) is 0 Å². The van der Waals surface area contributed by atoms with E-state index in [1.807, 2.05) is 0 Å². The number of aliphatic hydroxyl groups excluding tert-OH is 1. The van der Waals surface area contributed by atoms with Crippen LogP contribution in [-0.2, 0) is 10.0 Å². The fourth-order valence-corrected chi connectivity index (χ4v) is 4.27. The van der Waals surface area contributed by atoms with Crippen molar-refractivity contribution in [3.63, 3.8) is 0 Å². The SMILES string of the molecule is COc1ccc(S(=O)(=O)Nc2ccc(Cl)cc2C(O)c2ccc(Cl)cc2)cc1OC. The van der Waals surface area contributed by atoms with Gasteiger partial charge in [-0.25, -0.2) is 8.42 Å². The molecule has 0 fully saturated rings. The van der Waals surface area contributed by atoms with E-state index >= 15 is 0 Å². The van der Waals surface area contributed by atoms with Crippen molar-refractivity contribution in [3.05, 3.63) is 81.8 Å². The average molecular weight is 468 g/mol. The van der Waals surface area contributed by atoms with Crippen molar-refractivity contribution >= 4 is 38.9 Å². The second-order valence-electron chi connectivity index (χ2n) is 6.31. The third-order valence-corrected chi connectivity index (χ3v) is 6.25. The minimum atomic E-state index is -3.99. The fraction of sp³-hybridized carbons (Fsp3) is 0.143. The van der Waals surface area contributed by atoms with Crippen LogP contribution in [0.25, 0.3) is 0 Å². The van der Waals surface area contributed by atoms with Crippen LogP contribution in [0.2, 0.25) is 10.0 Å². The Morgan fingerprint density at radius 1 is 0.867 bits per heavy atom. The number of methoxy groups -OCH3 is 2. The van der Waals surface area contributed by atoms with E-state index in [-0.39, 0.29) is 16.3 Å². The third kappa shape index (κ3) is 4.82. The number of aliphatic hydroxyl groups is 1. The van der Waals surface area contributed by atoms with Gasteiger partial charge in [0.05, 0.1) is 24.8 Å². The van der Waals surface area contributed by atoms with Crippen LogP contribution < -0.4 is 14.2 Å². The topological polar surface area (TPSA) is 84.9 Å². The molecule has 3 aromatic carbocycles. The molecule has 0 saturated carbocycles. The Bertz CT molecular complexity index is 1150. The maximum absolute atomic E-state index is 13.0. The van der Waals surface area contributed by atoms with Gasteiger partial charge in [0.15, 0.2) is 11.5 Å². The Balaban J connectivity index is 1.99. The molecule has 0 aliphatic heterocycles. The summed E-state index contributed by atoms with van der Waals surface area (Å²) in [6.45, 7) is 0. The molecule has 0 saturated heterocycles. The number of hydrogen-bond donors (Lipinski definition) is 2. The van der Waals surface area contributed by atoms with Crippen LogP contribution >= 0.6 is 23.2 Å². The number of rotatable bonds is 7. The number of hydrogen-bond acceptors (Lipinski definition) is 5. The molecule has 0 bridgehead atoms. The number of nitrogens with one attached hydrogen (secondary N) is 1. The van der Waals surface area contributed by atoms with E-state index in [2.05, 4.69) is 4.72 Å². The first-order valence-electron chi connectivity index (χ1n) is 8.73. The molecule has 6 nitrogen and oxygen atoms in total. The molecule has 1 atom stereocenters. The van der Waals surface area contributed by atoms with Crippen molar-refractivity contribution < 1.29 is 23.0 Å². The zero-order chi connectivity index (χ0) is 21.9. The summed E-state index contributed by atoms with van der Waals surface area (Å²) in [5, 5.41) is 11.7. The summed E-state index contributed by atoms with van der Waals surface area (Å²) in [4.78, 5) is -0.0259. The summed E-state index contributed by atoms with van der Waals surface area (Å²) in [6.07, 6.45) is -1.12. The van der Waals surface area contributed by atoms with E-state index in [1.54, 1.807) is 24.3 Å². The van der Waals surface area contributed by atoms with Crippen LogP contribution in [0.1, 0.15) is 17.2 Å². The molecular weight excluding hydrogens is 449 g/mol. The van der Waals surface area contributed by atoms with E-state index in [0.29, 0.717) is 26.9 Å². The zero-order valence-electron chi connectivity index (χ0n) is 16.1. The van der Waals surface area contributed by atoms with Crippen molar-refractivity contribution in [2.75, 3.05) is 18.9 Å². The van der Waals surface area contributed by atoms with E-state index in [4.69, 9.17) is 32.7 Å². The van der Waals surface area contributed by atoms with Gasteiger partial charge in [-0.3, -0.25) is 4.72 Å². The van der Waals surface area contributed by atoms with Gasteiger partial charge in [-0.2, -0.15) is 0 Å². The molecule has 0 aliphatic rings. The number of sulfonamides is 1. The molecule has 3 rings (SSSR count). The predicted molar refractivity (Wildman–Crippen MR) is 117 cm³/mol. The Labute approximate surface area is 185 Å². The molecule has 9 heteroatoms. The van der Waals surface area contributed by atoms with Crippen molar-refractivity contribution in [2.45, 2.75) is 11.0 Å². The molecule has 0 aromatic heterocycles. The minimum Gasteiger partial charge on any atom is -0.493 e. The summed E-state index contributed by atoms with van der Waals surface area (Å²) in [6, 6.07) is 15.4. The monoisotopic (exact) mass is 467 g/mol. The number of anilines is 1. The van der Waals surface area contributed by atoms with Crippen LogP contribution in [0.4, 0.5) is 5.69 Å². The first-order valence-corrected chi connectivity index (χ1v) is 11.0. The standard InChI is InChI=1S/C21H19Cl2NO5S/c1-28-19-10-8-16(12-20(19)29-2)30(26,27)24-18-9-7-15(23)11-17(18)21(25)13-3-5-14(22)6-4-13/h3-12,21,24-25H,1-2H3. The number of halogens is 2. The highest BCUT2D eigenvalue weighted by atomic mass is 35.5.